The topological polar surface area (TPSA) is 26.3 Å². The molecule has 0 aromatic carbocycles. The van der Waals surface area contributed by atoms with Gasteiger partial charge in [0.05, 0.1) is 6.61 Å². The number of ether oxygens (including phenoxy) is 1. The van der Waals surface area contributed by atoms with Gasteiger partial charge >= 0.3 is 5.97 Å². The summed E-state index contributed by atoms with van der Waals surface area (Å²) in [4.78, 5) is 11.3. The largest absolute Gasteiger partial charge is 0.463 e. The molecule has 20 heavy (non-hydrogen) atoms. The lowest BCUT2D eigenvalue weighted by Gasteiger charge is -2.12. The lowest BCUT2D eigenvalue weighted by atomic mass is 9.94. The molecule has 116 valence electrons. The van der Waals surface area contributed by atoms with Crippen molar-refractivity contribution in [2.75, 3.05) is 6.61 Å². The molecule has 0 aliphatic heterocycles. The smallest absolute Gasteiger partial charge is 0.330 e. The first-order valence-corrected chi connectivity index (χ1v) is 7.87. The Bertz CT molecular complexity index is 337. The van der Waals surface area contributed by atoms with Crippen LogP contribution in [0.15, 0.2) is 23.3 Å². The van der Waals surface area contributed by atoms with Crippen LogP contribution in [0.2, 0.25) is 0 Å². The van der Waals surface area contributed by atoms with Gasteiger partial charge in [-0.1, -0.05) is 51.7 Å². The minimum atomic E-state index is -0.251. The predicted octanol–water partition coefficient (Wildman–Crippen LogP) is 5.29. The molecule has 0 rings (SSSR count). The Balaban J connectivity index is 4.20. The molecule has 0 aliphatic rings. The molecule has 0 aromatic rings. The lowest BCUT2D eigenvalue weighted by molar-refractivity contribution is -0.137. The summed E-state index contributed by atoms with van der Waals surface area (Å²) in [7, 11) is 0. The third-order valence-electron chi connectivity index (χ3n) is 3.26. The van der Waals surface area contributed by atoms with E-state index in [0.717, 1.165) is 17.9 Å². The van der Waals surface area contributed by atoms with Gasteiger partial charge in [0.1, 0.15) is 0 Å². The Kier molecular flexibility index (Phi) is 10.1. The van der Waals surface area contributed by atoms with Crippen molar-refractivity contribution in [2.24, 2.45) is 11.8 Å². The molecule has 1 atom stereocenters. The van der Waals surface area contributed by atoms with Crippen molar-refractivity contribution in [2.45, 2.75) is 67.2 Å². The zero-order valence-electron chi connectivity index (χ0n) is 14.2. The van der Waals surface area contributed by atoms with Gasteiger partial charge in [-0.2, -0.15) is 0 Å². The normalized spacial score (nSPS) is 14.6. The van der Waals surface area contributed by atoms with Gasteiger partial charge in [-0.05, 0) is 44.6 Å². The summed E-state index contributed by atoms with van der Waals surface area (Å²) in [5.41, 5.74) is 2.30. The maximum Gasteiger partial charge on any atom is 0.330 e. The molecule has 0 heterocycles. The Morgan fingerprint density at radius 2 is 1.75 bits per heavy atom. The van der Waals surface area contributed by atoms with Crippen molar-refractivity contribution < 1.29 is 9.53 Å². The standard InChI is InChI=1S/C18H32O2/c1-7-20-18(19)13-17(6)12-16(5)11-15(4)10-8-9-14(2)3/h12-15H,7-11H2,1-6H3. The Labute approximate surface area is 125 Å². The van der Waals surface area contributed by atoms with Crippen LogP contribution < -0.4 is 0 Å². The Morgan fingerprint density at radius 3 is 2.30 bits per heavy atom. The third kappa shape index (κ3) is 10.8. The molecule has 0 amide bonds. The summed E-state index contributed by atoms with van der Waals surface area (Å²) in [5.74, 6) is 1.26. The van der Waals surface area contributed by atoms with E-state index in [0.29, 0.717) is 12.5 Å². The zero-order valence-corrected chi connectivity index (χ0v) is 14.2. The summed E-state index contributed by atoms with van der Waals surface area (Å²) < 4.78 is 4.91. The molecular weight excluding hydrogens is 248 g/mol. The second kappa shape index (κ2) is 10.7. The van der Waals surface area contributed by atoms with Gasteiger partial charge in [0, 0.05) is 6.08 Å². The van der Waals surface area contributed by atoms with Crippen LogP contribution in [0, 0.1) is 11.8 Å². The second-order valence-corrected chi connectivity index (χ2v) is 6.27. The van der Waals surface area contributed by atoms with Crippen molar-refractivity contribution in [3.8, 4) is 0 Å². The second-order valence-electron chi connectivity index (χ2n) is 6.27. The Hall–Kier alpha value is -1.05. The van der Waals surface area contributed by atoms with E-state index < -0.39 is 0 Å². The van der Waals surface area contributed by atoms with Gasteiger partial charge in [0.15, 0.2) is 0 Å². The van der Waals surface area contributed by atoms with E-state index in [1.165, 1.54) is 24.8 Å². The molecule has 0 N–H and O–H groups in total. The number of hydrogen-bond donors (Lipinski definition) is 0. The van der Waals surface area contributed by atoms with Gasteiger partial charge in [-0.15, -0.1) is 0 Å². The molecule has 0 radical (unpaired) electrons. The molecule has 2 heteroatoms. The van der Waals surface area contributed by atoms with E-state index >= 15 is 0 Å². The van der Waals surface area contributed by atoms with Gasteiger partial charge in [-0.25, -0.2) is 4.79 Å². The van der Waals surface area contributed by atoms with Crippen molar-refractivity contribution >= 4 is 5.97 Å². The zero-order chi connectivity index (χ0) is 15.5. The van der Waals surface area contributed by atoms with E-state index in [-0.39, 0.29) is 5.97 Å². The minimum absolute atomic E-state index is 0.251. The van der Waals surface area contributed by atoms with Crippen LogP contribution in [0.25, 0.3) is 0 Å². The van der Waals surface area contributed by atoms with Gasteiger partial charge < -0.3 is 4.74 Å². The molecule has 0 bridgehead atoms. The molecule has 1 unspecified atom stereocenters. The lowest BCUT2D eigenvalue weighted by Crippen LogP contribution is -2.00. The van der Waals surface area contributed by atoms with Crippen molar-refractivity contribution in [1.82, 2.24) is 0 Å². The number of esters is 1. The maximum atomic E-state index is 11.3. The summed E-state index contributed by atoms with van der Waals surface area (Å²) in [6.07, 6.45) is 8.67. The van der Waals surface area contributed by atoms with Crippen LogP contribution in [0.1, 0.15) is 67.2 Å². The van der Waals surface area contributed by atoms with Crippen LogP contribution in [-0.2, 0) is 9.53 Å². The van der Waals surface area contributed by atoms with Crippen LogP contribution in [0.4, 0.5) is 0 Å². The fraction of sp³-hybridized carbons (Fsp3) is 0.722. The monoisotopic (exact) mass is 280 g/mol. The summed E-state index contributed by atoms with van der Waals surface area (Å²) >= 11 is 0. The van der Waals surface area contributed by atoms with Crippen LogP contribution >= 0.6 is 0 Å². The average Bonchev–Trinajstić information content (AvgIpc) is 2.27. The van der Waals surface area contributed by atoms with E-state index in [2.05, 4.69) is 33.8 Å². The number of carbonyl (C=O) groups is 1. The molecule has 0 aromatic heterocycles. The molecule has 0 aliphatic carbocycles. The fourth-order valence-electron chi connectivity index (χ4n) is 2.39. The van der Waals surface area contributed by atoms with Gasteiger partial charge in [0.2, 0.25) is 0 Å². The van der Waals surface area contributed by atoms with Crippen LogP contribution in [0.3, 0.4) is 0 Å². The van der Waals surface area contributed by atoms with Gasteiger partial charge in [-0.3, -0.25) is 0 Å². The summed E-state index contributed by atoms with van der Waals surface area (Å²) in [6, 6.07) is 0. The highest BCUT2D eigenvalue weighted by Crippen LogP contribution is 2.19. The fourth-order valence-corrected chi connectivity index (χ4v) is 2.39. The van der Waals surface area contributed by atoms with Crippen molar-refractivity contribution in [3.63, 3.8) is 0 Å². The quantitative estimate of drug-likeness (QED) is 0.326. The van der Waals surface area contributed by atoms with Crippen molar-refractivity contribution in [3.05, 3.63) is 23.3 Å². The molecule has 0 fully saturated rings. The van der Waals surface area contributed by atoms with E-state index in [1.54, 1.807) is 6.08 Å². The first kappa shape index (κ1) is 18.9. The van der Waals surface area contributed by atoms with Crippen molar-refractivity contribution in [1.29, 1.82) is 0 Å². The minimum Gasteiger partial charge on any atom is -0.463 e. The van der Waals surface area contributed by atoms with E-state index in [1.807, 2.05) is 13.8 Å². The SMILES string of the molecule is CCOC(=O)C=C(C)C=C(C)CC(C)CCCC(C)C. The van der Waals surface area contributed by atoms with E-state index in [9.17, 15) is 4.79 Å². The summed E-state index contributed by atoms with van der Waals surface area (Å²) in [6.45, 7) is 13.2. The highest BCUT2D eigenvalue weighted by molar-refractivity contribution is 5.83. The average molecular weight is 280 g/mol. The third-order valence-corrected chi connectivity index (χ3v) is 3.26. The maximum absolute atomic E-state index is 11.3. The summed E-state index contributed by atoms with van der Waals surface area (Å²) in [5, 5.41) is 0. The predicted molar refractivity (Wildman–Crippen MR) is 86.6 cm³/mol. The molecule has 0 spiro atoms. The number of rotatable bonds is 9. The number of allylic oxidation sites excluding steroid dienone is 3. The molecular formula is C18H32O2. The highest BCUT2D eigenvalue weighted by Gasteiger charge is 2.05. The molecule has 0 saturated heterocycles. The number of carbonyl (C=O) groups excluding carboxylic acids is 1. The van der Waals surface area contributed by atoms with Gasteiger partial charge in [0.25, 0.3) is 0 Å². The van der Waals surface area contributed by atoms with Crippen LogP contribution in [-0.4, -0.2) is 12.6 Å². The van der Waals surface area contributed by atoms with E-state index in [4.69, 9.17) is 4.74 Å². The number of hydrogen-bond acceptors (Lipinski definition) is 2. The van der Waals surface area contributed by atoms with Crippen LogP contribution in [0.5, 0.6) is 0 Å². The Morgan fingerprint density at radius 1 is 1.10 bits per heavy atom. The molecule has 0 saturated carbocycles. The molecule has 2 nitrogen and oxygen atoms in total. The first-order chi connectivity index (χ1) is 9.35. The highest BCUT2D eigenvalue weighted by atomic mass is 16.5. The first-order valence-electron chi connectivity index (χ1n) is 7.87.